The van der Waals surface area contributed by atoms with Crippen LogP contribution in [-0.4, -0.2) is 52.1 Å². The number of fused-ring (bicyclic) bond motifs is 2. The number of phenols is 1. The lowest BCUT2D eigenvalue weighted by Gasteiger charge is -2.04. The van der Waals surface area contributed by atoms with Crippen LogP contribution in [0.5, 0.6) is 5.75 Å². The number of rotatable bonds is 6. The van der Waals surface area contributed by atoms with Crippen LogP contribution in [0.25, 0.3) is 22.2 Å². The van der Waals surface area contributed by atoms with Gasteiger partial charge in [0.05, 0.1) is 23.9 Å². The standard InChI is InChI=1S/C21H19BrN6O3/c1-31-9-8-24-21(30)17-18-20(27-15-5-3-2-4-14(15)26-18)28(19(17)23)25-11-12-10-13(22)6-7-16(12)29/h2-7,10-11,29H,8-9,23H2,1H3,(H,24,30)/b25-11-. The number of amides is 1. The molecule has 0 saturated carbocycles. The third kappa shape index (κ3) is 4.07. The molecule has 31 heavy (non-hydrogen) atoms. The van der Waals surface area contributed by atoms with Crippen LogP contribution in [-0.2, 0) is 4.74 Å². The molecule has 9 nitrogen and oxygen atoms in total. The van der Waals surface area contributed by atoms with Crippen LogP contribution in [0.15, 0.2) is 52.0 Å². The first-order valence-electron chi connectivity index (χ1n) is 9.36. The molecule has 0 saturated heterocycles. The predicted octanol–water partition coefficient (Wildman–Crippen LogP) is 2.89. The van der Waals surface area contributed by atoms with Gasteiger partial charge in [0.15, 0.2) is 5.65 Å². The summed E-state index contributed by atoms with van der Waals surface area (Å²) in [5, 5.41) is 17.2. The Balaban J connectivity index is 1.88. The summed E-state index contributed by atoms with van der Waals surface area (Å²) in [6.07, 6.45) is 1.44. The Kier molecular flexibility index (Phi) is 5.83. The van der Waals surface area contributed by atoms with Gasteiger partial charge in [-0.2, -0.15) is 9.78 Å². The van der Waals surface area contributed by atoms with Crippen molar-refractivity contribution in [2.75, 3.05) is 26.0 Å². The van der Waals surface area contributed by atoms with Gasteiger partial charge in [0.25, 0.3) is 5.91 Å². The van der Waals surface area contributed by atoms with Gasteiger partial charge in [-0.05, 0) is 30.3 Å². The van der Waals surface area contributed by atoms with Gasteiger partial charge < -0.3 is 20.9 Å². The molecule has 10 heteroatoms. The fourth-order valence-electron chi connectivity index (χ4n) is 3.09. The molecule has 1 amide bonds. The zero-order valence-electron chi connectivity index (χ0n) is 16.5. The van der Waals surface area contributed by atoms with Crippen LogP contribution in [0.3, 0.4) is 0 Å². The zero-order chi connectivity index (χ0) is 22.0. The lowest BCUT2D eigenvalue weighted by molar-refractivity contribution is 0.0939. The fraction of sp³-hybridized carbons (Fsp3) is 0.143. The Morgan fingerprint density at radius 1 is 1.29 bits per heavy atom. The normalized spacial score (nSPS) is 11.5. The molecule has 4 rings (SSSR count). The van der Waals surface area contributed by atoms with E-state index in [0.29, 0.717) is 40.9 Å². The van der Waals surface area contributed by atoms with Crippen molar-refractivity contribution in [2.45, 2.75) is 0 Å². The minimum absolute atomic E-state index is 0.0519. The summed E-state index contributed by atoms with van der Waals surface area (Å²) in [4.78, 5) is 22.1. The average molecular weight is 483 g/mol. The van der Waals surface area contributed by atoms with Gasteiger partial charge in [-0.15, -0.1) is 0 Å². The van der Waals surface area contributed by atoms with Crippen LogP contribution < -0.4 is 11.1 Å². The van der Waals surface area contributed by atoms with Crippen molar-refractivity contribution >= 4 is 56.1 Å². The van der Waals surface area contributed by atoms with Crippen molar-refractivity contribution in [3.05, 3.63) is 58.1 Å². The number of anilines is 1. The lowest BCUT2D eigenvalue weighted by atomic mass is 10.2. The largest absolute Gasteiger partial charge is 0.507 e. The summed E-state index contributed by atoms with van der Waals surface area (Å²) in [7, 11) is 1.55. The molecule has 158 valence electrons. The molecular weight excluding hydrogens is 464 g/mol. The molecule has 0 unspecified atom stereocenters. The quantitative estimate of drug-likeness (QED) is 0.286. The van der Waals surface area contributed by atoms with Crippen molar-refractivity contribution in [1.29, 1.82) is 0 Å². The Bertz CT molecular complexity index is 1320. The Morgan fingerprint density at radius 2 is 2.03 bits per heavy atom. The van der Waals surface area contributed by atoms with E-state index in [1.165, 1.54) is 10.9 Å². The second kappa shape index (κ2) is 8.70. The molecule has 0 aliphatic rings. The highest BCUT2D eigenvalue weighted by atomic mass is 79.9. The maximum Gasteiger partial charge on any atom is 0.257 e. The van der Waals surface area contributed by atoms with E-state index in [2.05, 4.69) is 36.3 Å². The van der Waals surface area contributed by atoms with Crippen molar-refractivity contribution < 1.29 is 14.6 Å². The molecule has 2 heterocycles. The van der Waals surface area contributed by atoms with Crippen LogP contribution in [0.1, 0.15) is 15.9 Å². The average Bonchev–Trinajstić information content (AvgIpc) is 3.03. The van der Waals surface area contributed by atoms with E-state index < -0.39 is 5.91 Å². The minimum Gasteiger partial charge on any atom is -0.507 e. The van der Waals surface area contributed by atoms with Gasteiger partial charge in [0.1, 0.15) is 22.6 Å². The topological polar surface area (TPSA) is 128 Å². The Morgan fingerprint density at radius 3 is 2.77 bits per heavy atom. The molecule has 0 atom stereocenters. The number of aromatic hydroxyl groups is 1. The van der Waals surface area contributed by atoms with Crippen LogP contribution in [0, 0.1) is 0 Å². The van der Waals surface area contributed by atoms with E-state index in [0.717, 1.165) is 4.47 Å². The molecule has 4 N–H and O–H groups in total. The number of aromatic nitrogens is 3. The summed E-state index contributed by atoms with van der Waals surface area (Å²) in [5.74, 6) is -0.259. The first kappa shape index (κ1) is 20.8. The second-order valence-electron chi connectivity index (χ2n) is 6.65. The Labute approximate surface area is 185 Å². The first-order valence-corrected chi connectivity index (χ1v) is 10.2. The number of nitrogen functional groups attached to an aromatic ring is 1. The number of para-hydroxylation sites is 2. The van der Waals surface area contributed by atoms with Crippen molar-refractivity contribution in [1.82, 2.24) is 20.0 Å². The van der Waals surface area contributed by atoms with Gasteiger partial charge in [0, 0.05) is 23.7 Å². The molecule has 0 spiro atoms. The summed E-state index contributed by atoms with van der Waals surface area (Å²) in [6.45, 7) is 0.677. The van der Waals surface area contributed by atoms with Crippen LogP contribution in [0.2, 0.25) is 0 Å². The zero-order valence-corrected chi connectivity index (χ0v) is 18.1. The fourth-order valence-corrected chi connectivity index (χ4v) is 3.47. The number of nitrogens with two attached hydrogens (primary N) is 1. The monoisotopic (exact) mass is 482 g/mol. The van der Waals surface area contributed by atoms with E-state index in [9.17, 15) is 9.90 Å². The number of ether oxygens (including phenoxy) is 1. The highest BCUT2D eigenvalue weighted by Crippen LogP contribution is 2.28. The van der Waals surface area contributed by atoms with Gasteiger partial charge in [0.2, 0.25) is 0 Å². The first-order chi connectivity index (χ1) is 15.0. The van der Waals surface area contributed by atoms with E-state index in [-0.39, 0.29) is 17.1 Å². The van der Waals surface area contributed by atoms with E-state index >= 15 is 0 Å². The number of nitrogens with zero attached hydrogens (tertiary/aromatic N) is 4. The summed E-state index contributed by atoms with van der Waals surface area (Å²) < 4.78 is 7.11. The summed E-state index contributed by atoms with van der Waals surface area (Å²) in [6, 6.07) is 12.3. The number of phenolic OH excluding ortho intramolecular Hbond substituents is 1. The second-order valence-corrected chi connectivity index (χ2v) is 7.57. The minimum atomic E-state index is -0.400. The number of methoxy groups -OCH3 is 1. The number of benzene rings is 2. The summed E-state index contributed by atoms with van der Waals surface area (Å²) >= 11 is 3.37. The van der Waals surface area contributed by atoms with Gasteiger partial charge in [-0.25, -0.2) is 9.97 Å². The maximum atomic E-state index is 12.9. The van der Waals surface area contributed by atoms with E-state index in [4.69, 9.17) is 10.5 Å². The SMILES string of the molecule is COCCNC(=O)c1c(N)n(/N=C\c2cc(Br)ccc2O)c2nc3ccccc3nc12. The van der Waals surface area contributed by atoms with E-state index in [1.807, 2.05) is 24.3 Å². The number of carbonyl (C=O) groups excluding carboxylic acids is 1. The Hall–Kier alpha value is -3.50. The van der Waals surface area contributed by atoms with E-state index in [1.54, 1.807) is 25.3 Å². The molecule has 0 fully saturated rings. The molecule has 0 aliphatic carbocycles. The smallest absolute Gasteiger partial charge is 0.257 e. The van der Waals surface area contributed by atoms with Crippen LogP contribution >= 0.6 is 15.9 Å². The third-order valence-corrected chi connectivity index (χ3v) is 5.09. The van der Waals surface area contributed by atoms with Crippen molar-refractivity contribution in [3.8, 4) is 5.75 Å². The number of hydrogen-bond acceptors (Lipinski definition) is 7. The number of nitrogens with one attached hydrogen (secondary N) is 1. The number of hydrogen-bond donors (Lipinski definition) is 3. The molecule has 0 radical (unpaired) electrons. The molecular formula is C21H19BrN6O3. The van der Waals surface area contributed by atoms with Crippen LogP contribution in [0.4, 0.5) is 5.82 Å². The third-order valence-electron chi connectivity index (χ3n) is 4.59. The molecule has 0 bridgehead atoms. The molecule has 0 aliphatic heterocycles. The van der Waals surface area contributed by atoms with Gasteiger partial charge >= 0.3 is 0 Å². The molecule has 2 aromatic heterocycles. The van der Waals surface area contributed by atoms with Crippen molar-refractivity contribution in [3.63, 3.8) is 0 Å². The molecule has 2 aromatic carbocycles. The predicted molar refractivity (Wildman–Crippen MR) is 122 cm³/mol. The number of carbonyl (C=O) groups is 1. The lowest BCUT2D eigenvalue weighted by Crippen LogP contribution is -2.27. The highest BCUT2D eigenvalue weighted by molar-refractivity contribution is 9.10. The highest BCUT2D eigenvalue weighted by Gasteiger charge is 2.23. The van der Waals surface area contributed by atoms with Gasteiger partial charge in [-0.3, -0.25) is 4.79 Å². The number of halogens is 1. The maximum absolute atomic E-state index is 12.9. The van der Waals surface area contributed by atoms with Crippen molar-refractivity contribution in [2.24, 2.45) is 5.10 Å². The summed E-state index contributed by atoms with van der Waals surface area (Å²) in [5.41, 5.74) is 8.91. The molecule has 4 aromatic rings. The van der Waals surface area contributed by atoms with Gasteiger partial charge in [-0.1, -0.05) is 28.1 Å².